The Morgan fingerprint density at radius 2 is 1.80 bits per heavy atom. The van der Waals surface area contributed by atoms with Crippen LogP contribution in [0.5, 0.6) is 0 Å². The van der Waals surface area contributed by atoms with E-state index in [1.807, 2.05) is 24.3 Å². The quantitative estimate of drug-likeness (QED) is 0.263. The van der Waals surface area contributed by atoms with Crippen LogP contribution in [0.4, 0.5) is 17.5 Å². The highest BCUT2D eigenvalue weighted by molar-refractivity contribution is 5.91. The van der Waals surface area contributed by atoms with Crippen LogP contribution in [0, 0.1) is 11.3 Å². The van der Waals surface area contributed by atoms with Crippen LogP contribution in [0.3, 0.4) is 0 Å². The van der Waals surface area contributed by atoms with Crippen molar-refractivity contribution < 1.29 is 0 Å². The molecule has 0 aliphatic rings. The average molecular weight is 461 g/mol. The zero-order valence-corrected chi connectivity index (χ0v) is 17.9. The van der Waals surface area contributed by atoms with E-state index in [2.05, 4.69) is 51.7 Å². The summed E-state index contributed by atoms with van der Waals surface area (Å²) < 4.78 is 0. The van der Waals surface area contributed by atoms with E-state index in [1.54, 1.807) is 24.4 Å². The lowest BCUT2D eigenvalue weighted by Gasteiger charge is -2.10. The summed E-state index contributed by atoms with van der Waals surface area (Å²) in [4.78, 5) is 30.0. The first-order chi connectivity index (χ1) is 17.1. The van der Waals surface area contributed by atoms with Gasteiger partial charge in [-0.3, -0.25) is 25.1 Å². The first-order valence-corrected chi connectivity index (χ1v) is 10.4. The topological polar surface area (TPSA) is 191 Å². The molecule has 0 spiro atoms. The molecule has 0 bridgehead atoms. The Kier molecular flexibility index (Phi) is 4.46. The van der Waals surface area contributed by atoms with Gasteiger partial charge in [-0.1, -0.05) is 12.1 Å². The summed E-state index contributed by atoms with van der Waals surface area (Å²) in [6.45, 7) is 0. The minimum atomic E-state index is -0.318. The van der Waals surface area contributed by atoms with Crippen LogP contribution < -0.4 is 16.6 Å². The smallest absolute Gasteiger partial charge is 0.271 e. The molecule has 0 unspecified atom stereocenters. The van der Waals surface area contributed by atoms with Gasteiger partial charge in [0, 0.05) is 28.9 Å². The van der Waals surface area contributed by atoms with Crippen molar-refractivity contribution in [2.75, 3.05) is 11.1 Å². The zero-order chi connectivity index (χ0) is 23.9. The van der Waals surface area contributed by atoms with Crippen LogP contribution in [0.2, 0.25) is 0 Å². The van der Waals surface area contributed by atoms with Crippen molar-refractivity contribution in [2.45, 2.75) is 0 Å². The first kappa shape index (κ1) is 20.1. The minimum Gasteiger partial charge on any atom is -0.397 e. The monoisotopic (exact) mass is 461 g/mol. The molecule has 12 nitrogen and oxygen atoms in total. The van der Waals surface area contributed by atoms with Crippen molar-refractivity contribution in [3.05, 3.63) is 70.8 Å². The predicted molar refractivity (Wildman–Crippen MR) is 129 cm³/mol. The number of hydrogen-bond donors (Lipinski definition) is 5. The van der Waals surface area contributed by atoms with Gasteiger partial charge in [0.1, 0.15) is 0 Å². The molecule has 0 amide bonds. The number of benzene rings is 2. The van der Waals surface area contributed by atoms with Gasteiger partial charge >= 0.3 is 0 Å². The number of H-pyrrole nitrogens is 3. The molecular weight excluding hydrogens is 446 g/mol. The summed E-state index contributed by atoms with van der Waals surface area (Å²) in [5.74, 6) is 1.19. The molecule has 35 heavy (non-hydrogen) atoms. The summed E-state index contributed by atoms with van der Waals surface area (Å²) in [5.41, 5.74) is 8.61. The Morgan fingerprint density at radius 1 is 0.943 bits per heavy atom. The van der Waals surface area contributed by atoms with E-state index in [-0.39, 0.29) is 28.7 Å². The van der Waals surface area contributed by atoms with Crippen molar-refractivity contribution in [3.63, 3.8) is 0 Å². The second-order valence-electron chi connectivity index (χ2n) is 7.69. The summed E-state index contributed by atoms with van der Waals surface area (Å²) in [7, 11) is 0. The molecule has 6 aromatic rings. The lowest BCUT2D eigenvalue weighted by atomic mass is 10.0. The molecule has 0 saturated heterocycles. The Bertz CT molecular complexity index is 1840. The maximum absolute atomic E-state index is 12.2. The van der Waals surface area contributed by atoms with Gasteiger partial charge < -0.3 is 11.1 Å². The fourth-order valence-electron chi connectivity index (χ4n) is 3.79. The fraction of sp³-hybridized carbons (Fsp3) is 0. The van der Waals surface area contributed by atoms with Gasteiger partial charge in [0.2, 0.25) is 5.95 Å². The van der Waals surface area contributed by atoms with Crippen molar-refractivity contribution >= 4 is 39.3 Å². The number of nitrogens with zero attached hydrogens (tertiary/aromatic N) is 6. The standard InChI is InChI=1S/C23H15N11O/c24-8-11-6-18-16(22(35)34-32-18)7-15(11)20-27-19(12-5-13(25)10-26-9-12)28-23(29-20)30-21-14-3-1-2-4-17(14)31-33-21/h1-7,9-10H,25H2,(H2,32,34,35)(H2,27,28,29,30,31,33). The van der Waals surface area contributed by atoms with E-state index in [4.69, 9.17) is 5.73 Å². The number of pyridine rings is 1. The summed E-state index contributed by atoms with van der Waals surface area (Å²) in [5, 5.41) is 26.7. The Balaban J connectivity index is 1.56. The number of nitriles is 1. The van der Waals surface area contributed by atoms with Gasteiger partial charge in [-0.2, -0.15) is 20.3 Å². The SMILES string of the molecule is N#Cc1cc2[nH][nH]c(=O)c2cc1-c1nc(Nc2n[nH]c3ccccc23)nc(-c2cncc(N)c2)n1. The van der Waals surface area contributed by atoms with E-state index in [9.17, 15) is 10.1 Å². The average Bonchev–Trinajstić information content (AvgIpc) is 3.46. The molecule has 0 aliphatic carbocycles. The van der Waals surface area contributed by atoms with Crippen LogP contribution in [-0.4, -0.2) is 40.3 Å². The molecule has 6 N–H and O–H groups in total. The maximum Gasteiger partial charge on any atom is 0.271 e. The van der Waals surface area contributed by atoms with Crippen molar-refractivity contribution in [2.24, 2.45) is 0 Å². The van der Waals surface area contributed by atoms with E-state index in [0.717, 1.165) is 10.9 Å². The Labute approximate surface area is 195 Å². The molecule has 0 fully saturated rings. The largest absolute Gasteiger partial charge is 0.397 e. The zero-order valence-electron chi connectivity index (χ0n) is 17.9. The molecule has 4 aromatic heterocycles. The number of rotatable bonds is 4. The van der Waals surface area contributed by atoms with Crippen LogP contribution in [0.25, 0.3) is 44.6 Å². The minimum absolute atomic E-state index is 0.191. The van der Waals surface area contributed by atoms with Gasteiger partial charge in [-0.05, 0) is 30.3 Å². The van der Waals surface area contributed by atoms with Crippen molar-refractivity contribution in [1.29, 1.82) is 5.26 Å². The summed E-state index contributed by atoms with van der Waals surface area (Å²) >= 11 is 0. The molecule has 0 atom stereocenters. The van der Waals surface area contributed by atoms with Gasteiger partial charge in [0.05, 0.1) is 33.7 Å². The van der Waals surface area contributed by atoms with Crippen LogP contribution in [0.1, 0.15) is 5.56 Å². The number of aromatic nitrogens is 8. The number of aromatic amines is 3. The number of para-hydroxylation sites is 1. The summed E-state index contributed by atoms with van der Waals surface area (Å²) in [6, 6.07) is 14.6. The number of anilines is 3. The van der Waals surface area contributed by atoms with Crippen molar-refractivity contribution in [1.82, 2.24) is 40.3 Å². The maximum atomic E-state index is 12.2. The number of nitrogens with two attached hydrogens (primary N) is 1. The predicted octanol–water partition coefficient (Wildman–Crippen LogP) is 2.84. The molecule has 4 heterocycles. The summed E-state index contributed by atoms with van der Waals surface area (Å²) in [6.07, 6.45) is 3.09. The van der Waals surface area contributed by atoms with E-state index >= 15 is 0 Å². The van der Waals surface area contributed by atoms with Crippen LogP contribution in [0.15, 0.2) is 59.7 Å². The molecular formula is C23H15N11O. The van der Waals surface area contributed by atoms with Gasteiger partial charge in [-0.25, -0.2) is 4.98 Å². The van der Waals surface area contributed by atoms with Gasteiger partial charge in [-0.15, -0.1) is 0 Å². The van der Waals surface area contributed by atoms with Crippen LogP contribution >= 0.6 is 0 Å². The molecule has 0 aliphatic heterocycles. The second-order valence-corrected chi connectivity index (χ2v) is 7.69. The first-order valence-electron chi connectivity index (χ1n) is 10.4. The molecule has 168 valence electrons. The molecule has 12 heteroatoms. The van der Waals surface area contributed by atoms with Crippen molar-refractivity contribution in [3.8, 4) is 28.8 Å². The third-order valence-corrected chi connectivity index (χ3v) is 5.43. The van der Waals surface area contributed by atoms with E-state index < -0.39 is 0 Å². The normalized spacial score (nSPS) is 11.1. The van der Waals surface area contributed by atoms with E-state index in [0.29, 0.717) is 33.5 Å². The van der Waals surface area contributed by atoms with Crippen LogP contribution in [-0.2, 0) is 0 Å². The highest BCUT2D eigenvalue weighted by Gasteiger charge is 2.17. The highest BCUT2D eigenvalue weighted by Crippen LogP contribution is 2.29. The number of fused-ring (bicyclic) bond motifs is 2. The molecule has 0 saturated carbocycles. The van der Waals surface area contributed by atoms with E-state index in [1.165, 1.54) is 6.20 Å². The Morgan fingerprint density at radius 3 is 2.66 bits per heavy atom. The second kappa shape index (κ2) is 7.78. The molecule has 6 rings (SSSR count). The fourth-order valence-corrected chi connectivity index (χ4v) is 3.79. The number of nitrogen functional groups attached to an aromatic ring is 1. The number of hydrogen-bond acceptors (Lipinski definition) is 9. The van der Waals surface area contributed by atoms with Gasteiger partial charge in [0.15, 0.2) is 17.5 Å². The lowest BCUT2D eigenvalue weighted by Crippen LogP contribution is -2.05. The Hall–Kier alpha value is -5.57. The highest BCUT2D eigenvalue weighted by atomic mass is 16.1. The van der Waals surface area contributed by atoms with Gasteiger partial charge in [0.25, 0.3) is 5.56 Å². The third kappa shape index (κ3) is 3.49. The molecule has 0 radical (unpaired) electrons. The molecule has 2 aromatic carbocycles. The third-order valence-electron chi connectivity index (χ3n) is 5.43. The lowest BCUT2D eigenvalue weighted by molar-refractivity contribution is 1.05. The number of nitrogens with one attached hydrogen (secondary N) is 4.